The molecule has 0 saturated heterocycles. The molecular formula is C9H15NO2. The lowest BCUT2D eigenvalue weighted by molar-refractivity contribution is -0.139. The largest absolute Gasteiger partial charge is 0.480 e. The van der Waals surface area contributed by atoms with E-state index in [0.29, 0.717) is 12.1 Å². The summed E-state index contributed by atoms with van der Waals surface area (Å²) < 4.78 is 0. The molecule has 68 valence electrons. The quantitative estimate of drug-likeness (QED) is 0.684. The van der Waals surface area contributed by atoms with Gasteiger partial charge in [0.15, 0.2) is 0 Å². The van der Waals surface area contributed by atoms with Crippen molar-refractivity contribution in [3.05, 3.63) is 0 Å². The predicted molar refractivity (Wildman–Crippen MR) is 45.0 cm³/mol. The number of nitrogens with zero attached hydrogens (tertiary/aromatic N) is 1. The number of aliphatic carboxylic acids is 1. The summed E-state index contributed by atoms with van der Waals surface area (Å²) in [5.74, 6) is -0.672. The van der Waals surface area contributed by atoms with Crippen molar-refractivity contribution in [3.63, 3.8) is 0 Å². The molecule has 0 aromatic rings. The Morgan fingerprint density at radius 3 is 2.17 bits per heavy atom. The zero-order chi connectivity index (χ0) is 8.55. The summed E-state index contributed by atoms with van der Waals surface area (Å²) in [5.41, 5.74) is 0. The fraction of sp³-hybridized carbons (Fsp3) is 0.889. The molecule has 12 heavy (non-hydrogen) atoms. The van der Waals surface area contributed by atoms with Crippen LogP contribution in [0, 0.1) is 0 Å². The summed E-state index contributed by atoms with van der Waals surface area (Å²) in [6.45, 7) is 0.259. The highest BCUT2D eigenvalue weighted by Gasteiger charge is 2.37. The topological polar surface area (TPSA) is 40.5 Å². The van der Waals surface area contributed by atoms with E-state index in [2.05, 4.69) is 4.90 Å². The summed E-state index contributed by atoms with van der Waals surface area (Å²) in [6.07, 6.45) is 6.13. The second-order valence-electron chi connectivity index (χ2n) is 3.88. The number of carbonyl (C=O) groups is 1. The van der Waals surface area contributed by atoms with Crippen molar-refractivity contribution in [2.24, 2.45) is 0 Å². The van der Waals surface area contributed by atoms with Gasteiger partial charge in [-0.25, -0.2) is 0 Å². The Labute approximate surface area is 72.4 Å². The smallest absolute Gasteiger partial charge is 0.317 e. The zero-order valence-corrected chi connectivity index (χ0v) is 7.20. The maximum atomic E-state index is 10.5. The van der Waals surface area contributed by atoms with E-state index >= 15 is 0 Å². The van der Waals surface area contributed by atoms with Crippen LogP contribution in [0.3, 0.4) is 0 Å². The molecule has 3 heteroatoms. The third-order valence-electron chi connectivity index (χ3n) is 2.88. The summed E-state index contributed by atoms with van der Waals surface area (Å²) in [7, 11) is 0. The number of rotatable bonds is 4. The second-order valence-corrected chi connectivity index (χ2v) is 3.88. The van der Waals surface area contributed by atoms with Crippen LogP contribution in [0.25, 0.3) is 0 Å². The van der Waals surface area contributed by atoms with Crippen molar-refractivity contribution >= 4 is 5.97 Å². The number of carboxylic acid groups (broad SMARTS) is 1. The highest BCUT2D eigenvalue weighted by molar-refractivity contribution is 5.69. The minimum Gasteiger partial charge on any atom is -0.480 e. The maximum Gasteiger partial charge on any atom is 0.317 e. The van der Waals surface area contributed by atoms with Crippen molar-refractivity contribution in [1.82, 2.24) is 4.90 Å². The molecule has 0 unspecified atom stereocenters. The molecule has 0 spiro atoms. The fourth-order valence-electron chi connectivity index (χ4n) is 1.84. The van der Waals surface area contributed by atoms with Gasteiger partial charge in [0.25, 0.3) is 0 Å². The molecule has 0 atom stereocenters. The number of carboxylic acids is 1. The average Bonchev–Trinajstić information content (AvgIpc) is 2.60. The average molecular weight is 169 g/mol. The Morgan fingerprint density at radius 2 is 1.83 bits per heavy atom. The molecule has 0 radical (unpaired) electrons. The van der Waals surface area contributed by atoms with E-state index in [1.54, 1.807) is 0 Å². The Hall–Kier alpha value is -0.570. The molecule has 0 bridgehead atoms. The minimum absolute atomic E-state index is 0.259. The molecule has 2 saturated carbocycles. The lowest BCUT2D eigenvalue weighted by Crippen LogP contribution is -2.44. The zero-order valence-electron chi connectivity index (χ0n) is 7.20. The summed E-state index contributed by atoms with van der Waals surface area (Å²) >= 11 is 0. The molecule has 1 N–H and O–H groups in total. The van der Waals surface area contributed by atoms with Gasteiger partial charge in [-0.2, -0.15) is 0 Å². The third-order valence-corrected chi connectivity index (χ3v) is 2.88. The van der Waals surface area contributed by atoms with Crippen LogP contribution in [0.2, 0.25) is 0 Å². The van der Waals surface area contributed by atoms with Crippen LogP contribution < -0.4 is 0 Å². The van der Waals surface area contributed by atoms with Crippen molar-refractivity contribution in [1.29, 1.82) is 0 Å². The Balaban J connectivity index is 1.87. The van der Waals surface area contributed by atoms with Gasteiger partial charge >= 0.3 is 5.97 Å². The first-order chi connectivity index (χ1) is 5.77. The van der Waals surface area contributed by atoms with Gasteiger partial charge in [0.1, 0.15) is 0 Å². The van der Waals surface area contributed by atoms with E-state index in [4.69, 9.17) is 5.11 Å². The molecular weight excluding hydrogens is 154 g/mol. The molecule has 3 nitrogen and oxygen atoms in total. The number of hydrogen-bond acceptors (Lipinski definition) is 2. The lowest BCUT2D eigenvalue weighted by atomic mass is 9.91. The van der Waals surface area contributed by atoms with E-state index in [1.165, 1.54) is 32.1 Å². The minimum atomic E-state index is -0.672. The van der Waals surface area contributed by atoms with E-state index in [-0.39, 0.29) is 6.54 Å². The van der Waals surface area contributed by atoms with Gasteiger partial charge in [0.05, 0.1) is 6.54 Å². The normalized spacial score (nSPS) is 24.1. The first-order valence-electron chi connectivity index (χ1n) is 4.75. The molecule has 0 aromatic heterocycles. The highest BCUT2D eigenvalue weighted by Crippen LogP contribution is 2.34. The molecule has 2 rings (SSSR count). The Kier molecular flexibility index (Phi) is 2.05. The van der Waals surface area contributed by atoms with Crippen LogP contribution in [0.1, 0.15) is 32.1 Å². The first-order valence-corrected chi connectivity index (χ1v) is 4.75. The standard InChI is InChI=1S/C9H15NO2/c11-9(12)6-10(8-4-5-8)7-2-1-3-7/h7-8H,1-6H2,(H,11,12). The van der Waals surface area contributed by atoms with Gasteiger partial charge in [-0.05, 0) is 25.7 Å². The molecule has 0 heterocycles. The maximum absolute atomic E-state index is 10.5. The molecule has 2 fully saturated rings. The molecule has 2 aliphatic rings. The monoisotopic (exact) mass is 169 g/mol. The predicted octanol–water partition coefficient (Wildman–Crippen LogP) is 1.09. The van der Waals surface area contributed by atoms with Crippen LogP contribution in [-0.2, 0) is 4.79 Å². The molecule has 0 amide bonds. The third kappa shape index (κ3) is 1.61. The summed E-state index contributed by atoms with van der Waals surface area (Å²) in [5, 5.41) is 8.69. The van der Waals surface area contributed by atoms with Crippen LogP contribution in [0.4, 0.5) is 0 Å². The van der Waals surface area contributed by atoms with Crippen LogP contribution in [-0.4, -0.2) is 34.6 Å². The van der Waals surface area contributed by atoms with E-state index < -0.39 is 5.97 Å². The Bertz CT molecular complexity index is 185. The lowest BCUT2D eigenvalue weighted by Gasteiger charge is -2.36. The summed E-state index contributed by atoms with van der Waals surface area (Å²) in [6, 6.07) is 1.19. The second kappa shape index (κ2) is 3.05. The van der Waals surface area contributed by atoms with Gasteiger partial charge in [-0.3, -0.25) is 9.69 Å². The van der Waals surface area contributed by atoms with Crippen molar-refractivity contribution < 1.29 is 9.90 Å². The van der Waals surface area contributed by atoms with Crippen LogP contribution in [0.5, 0.6) is 0 Å². The van der Waals surface area contributed by atoms with E-state index in [0.717, 1.165) is 0 Å². The fourth-order valence-corrected chi connectivity index (χ4v) is 1.84. The SMILES string of the molecule is O=C(O)CN(C1CCC1)C1CC1. The van der Waals surface area contributed by atoms with E-state index in [1.807, 2.05) is 0 Å². The highest BCUT2D eigenvalue weighted by atomic mass is 16.4. The van der Waals surface area contributed by atoms with Gasteiger partial charge in [-0.15, -0.1) is 0 Å². The van der Waals surface area contributed by atoms with Crippen LogP contribution >= 0.6 is 0 Å². The van der Waals surface area contributed by atoms with Crippen molar-refractivity contribution in [2.45, 2.75) is 44.2 Å². The molecule has 0 aromatic carbocycles. The summed E-state index contributed by atoms with van der Waals surface area (Å²) in [4.78, 5) is 12.7. The van der Waals surface area contributed by atoms with Gasteiger partial charge in [0.2, 0.25) is 0 Å². The number of hydrogen-bond donors (Lipinski definition) is 1. The van der Waals surface area contributed by atoms with Crippen LogP contribution in [0.15, 0.2) is 0 Å². The van der Waals surface area contributed by atoms with Gasteiger partial charge in [0, 0.05) is 12.1 Å². The van der Waals surface area contributed by atoms with Crippen molar-refractivity contribution in [2.75, 3.05) is 6.54 Å². The van der Waals surface area contributed by atoms with E-state index in [9.17, 15) is 4.79 Å². The molecule has 2 aliphatic carbocycles. The molecule has 0 aliphatic heterocycles. The van der Waals surface area contributed by atoms with Crippen molar-refractivity contribution in [3.8, 4) is 0 Å². The van der Waals surface area contributed by atoms with Gasteiger partial charge in [-0.1, -0.05) is 6.42 Å². The first kappa shape index (κ1) is 8.05. The Morgan fingerprint density at radius 1 is 1.25 bits per heavy atom. The van der Waals surface area contributed by atoms with Gasteiger partial charge < -0.3 is 5.11 Å².